The molecule has 0 radical (unpaired) electrons. The van der Waals surface area contributed by atoms with Crippen molar-refractivity contribution in [2.45, 2.75) is 63.1 Å². The molecule has 0 bridgehead atoms. The van der Waals surface area contributed by atoms with E-state index < -0.39 is 28.5 Å². The van der Waals surface area contributed by atoms with Gasteiger partial charge in [-0.15, -0.1) is 0 Å². The Morgan fingerprint density at radius 1 is 0.977 bits per heavy atom. The number of amides is 2. The fraction of sp³-hybridized carbons (Fsp3) is 0.375. The van der Waals surface area contributed by atoms with Gasteiger partial charge in [-0.1, -0.05) is 59.8 Å². The Labute approximate surface area is 269 Å². The molecule has 0 saturated heterocycles. The molecule has 3 aromatic rings. The smallest absolute Gasteiger partial charge is 0.264 e. The van der Waals surface area contributed by atoms with Crippen LogP contribution in [0.25, 0.3) is 0 Å². The fourth-order valence-corrected chi connectivity index (χ4v) is 7.10. The SMILES string of the molecule is COc1ccc(OC)c(N(CC(=O)N(Cc2c(Cl)cccc2Cl)[C@H](C)C(=O)NC2CCCC2)S(=O)(=O)c2ccc(C)cc2)c1. The summed E-state index contributed by atoms with van der Waals surface area (Å²) in [6, 6.07) is 15.0. The summed E-state index contributed by atoms with van der Waals surface area (Å²) in [5.74, 6) is -0.417. The lowest BCUT2D eigenvalue weighted by Gasteiger charge is -2.33. The molecule has 1 aliphatic carbocycles. The number of benzene rings is 3. The van der Waals surface area contributed by atoms with Crippen molar-refractivity contribution in [2.24, 2.45) is 0 Å². The zero-order valence-corrected chi connectivity index (χ0v) is 27.5. The summed E-state index contributed by atoms with van der Waals surface area (Å²) in [5.41, 5.74) is 1.41. The highest BCUT2D eigenvalue weighted by Crippen LogP contribution is 2.36. The van der Waals surface area contributed by atoms with Crippen molar-refractivity contribution >= 4 is 50.7 Å². The highest BCUT2D eigenvalue weighted by molar-refractivity contribution is 7.92. The van der Waals surface area contributed by atoms with Gasteiger partial charge < -0.3 is 19.7 Å². The molecular weight excluding hydrogens is 625 g/mol. The van der Waals surface area contributed by atoms with Crippen LogP contribution in [0.1, 0.15) is 43.7 Å². The van der Waals surface area contributed by atoms with Crippen molar-refractivity contribution in [1.29, 1.82) is 0 Å². The lowest BCUT2D eigenvalue weighted by molar-refractivity contribution is -0.139. The van der Waals surface area contributed by atoms with Crippen LogP contribution in [-0.2, 0) is 26.2 Å². The molecule has 236 valence electrons. The Kier molecular flexibility index (Phi) is 11.0. The molecule has 9 nitrogen and oxygen atoms in total. The lowest BCUT2D eigenvalue weighted by Crippen LogP contribution is -2.52. The third kappa shape index (κ3) is 7.60. The first-order valence-electron chi connectivity index (χ1n) is 14.3. The van der Waals surface area contributed by atoms with Gasteiger partial charge in [0.15, 0.2) is 0 Å². The van der Waals surface area contributed by atoms with E-state index in [0.29, 0.717) is 21.4 Å². The zero-order valence-electron chi connectivity index (χ0n) is 25.2. The number of rotatable bonds is 12. The number of anilines is 1. The van der Waals surface area contributed by atoms with Gasteiger partial charge in [0.1, 0.15) is 24.1 Å². The molecule has 1 atom stereocenters. The van der Waals surface area contributed by atoms with Gasteiger partial charge in [-0.3, -0.25) is 13.9 Å². The standard InChI is InChI=1S/C32H37Cl2N3O6S/c1-21-12-15-25(16-13-21)44(40,41)37(29-18-24(42-3)14-17-30(29)43-4)20-31(38)36(19-26-27(33)10-7-11-28(26)34)22(2)32(39)35-23-8-5-6-9-23/h7,10-18,22-23H,5-6,8-9,19-20H2,1-4H3,(H,35,39)/t22-/m1/s1. The van der Waals surface area contributed by atoms with Crippen molar-refractivity contribution in [2.75, 3.05) is 25.1 Å². The predicted molar refractivity (Wildman–Crippen MR) is 172 cm³/mol. The van der Waals surface area contributed by atoms with Gasteiger partial charge in [0.05, 0.1) is 24.8 Å². The first-order valence-corrected chi connectivity index (χ1v) is 16.5. The first-order chi connectivity index (χ1) is 21.0. The molecule has 2 amide bonds. The van der Waals surface area contributed by atoms with Crippen LogP contribution in [0.5, 0.6) is 11.5 Å². The van der Waals surface area contributed by atoms with Gasteiger partial charge in [0.2, 0.25) is 11.8 Å². The molecule has 4 rings (SSSR count). The highest BCUT2D eigenvalue weighted by atomic mass is 35.5. The molecule has 3 aromatic carbocycles. The number of sulfonamides is 1. The number of halogens is 2. The molecule has 1 fully saturated rings. The summed E-state index contributed by atoms with van der Waals surface area (Å²) in [4.78, 5) is 29.0. The average Bonchev–Trinajstić information content (AvgIpc) is 3.52. The Bertz CT molecular complexity index is 1570. The number of aryl methyl sites for hydroxylation is 1. The summed E-state index contributed by atoms with van der Waals surface area (Å²) in [6.07, 6.45) is 3.76. The van der Waals surface area contributed by atoms with E-state index in [9.17, 15) is 18.0 Å². The number of ether oxygens (including phenoxy) is 2. The van der Waals surface area contributed by atoms with E-state index in [0.717, 1.165) is 35.6 Å². The molecule has 0 aliphatic heterocycles. The minimum absolute atomic E-state index is 0.0188. The zero-order chi connectivity index (χ0) is 32.0. The van der Waals surface area contributed by atoms with Crippen molar-refractivity contribution < 1.29 is 27.5 Å². The van der Waals surface area contributed by atoms with Crippen LogP contribution in [0.4, 0.5) is 5.69 Å². The molecule has 0 unspecified atom stereocenters. The molecule has 1 aliphatic rings. The van der Waals surface area contributed by atoms with Gasteiger partial charge in [0.25, 0.3) is 10.0 Å². The van der Waals surface area contributed by atoms with E-state index in [-0.39, 0.29) is 34.8 Å². The summed E-state index contributed by atoms with van der Waals surface area (Å²) in [6.45, 7) is 2.68. The number of nitrogens with zero attached hydrogens (tertiary/aromatic N) is 2. The minimum atomic E-state index is -4.31. The normalized spacial score (nSPS) is 14.1. The summed E-state index contributed by atoms with van der Waals surface area (Å²) >= 11 is 13.0. The molecule has 12 heteroatoms. The average molecular weight is 663 g/mol. The van der Waals surface area contributed by atoms with Crippen LogP contribution in [0.15, 0.2) is 65.6 Å². The third-order valence-corrected chi connectivity index (χ3v) is 10.3. The van der Waals surface area contributed by atoms with E-state index >= 15 is 0 Å². The molecular formula is C32H37Cl2N3O6S. The number of methoxy groups -OCH3 is 2. The Morgan fingerprint density at radius 2 is 1.61 bits per heavy atom. The van der Waals surface area contributed by atoms with Gasteiger partial charge in [-0.2, -0.15) is 0 Å². The van der Waals surface area contributed by atoms with Crippen LogP contribution in [0.2, 0.25) is 10.0 Å². The first kappa shape index (κ1) is 33.4. The molecule has 1 N–H and O–H groups in total. The Balaban J connectivity index is 1.79. The quantitative estimate of drug-likeness (QED) is 0.256. The van der Waals surface area contributed by atoms with Crippen molar-refractivity contribution in [3.8, 4) is 11.5 Å². The highest BCUT2D eigenvalue weighted by Gasteiger charge is 2.35. The largest absolute Gasteiger partial charge is 0.497 e. The maximum Gasteiger partial charge on any atom is 0.264 e. The summed E-state index contributed by atoms with van der Waals surface area (Å²) in [7, 11) is -1.45. The number of carbonyl (C=O) groups is 2. The molecule has 0 aromatic heterocycles. The van der Waals surface area contributed by atoms with Crippen molar-refractivity contribution in [3.05, 3.63) is 81.8 Å². The fourth-order valence-electron chi connectivity index (χ4n) is 5.17. The number of carbonyl (C=O) groups excluding carboxylic acids is 2. The summed E-state index contributed by atoms with van der Waals surface area (Å²) in [5, 5.41) is 3.68. The maximum atomic E-state index is 14.3. The Morgan fingerprint density at radius 3 is 2.20 bits per heavy atom. The van der Waals surface area contributed by atoms with Crippen LogP contribution in [-0.4, -0.2) is 58.0 Å². The lowest BCUT2D eigenvalue weighted by atomic mass is 10.1. The monoisotopic (exact) mass is 661 g/mol. The Hall–Kier alpha value is -3.47. The van der Waals surface area contributed by atoms with E-state index in [2.05, 4.69) is 5.32 Å². The van der Waals surface area contributed by atoms with Gasteiger partial charge in [0, 0.05) is 34.3 Å². The number of hydrogen-bond acceptors (Lipinski definition) is 6. The molecule has 44 heavy (non-hydrogen) atoms. The van der Waals surface area contributed by atoms with Crippen LogP contribution in [0.3, 0.4) is 0 Å². The molecule has 0 spiro atoms. The van der Waals surface area contributed by atoms with E-state index in [1.165, 1.54) is 37.3 Å². The number of hydrogen-bond donors (Lipinski definition) is 1. The van der Waals surface area contributed by atoms with E-state index in [4.69, 9.17) is 32.7 Å². The number of nitrogens with one attached hydrogen (secondary N) is 1. The molecule has 1 saturated carbocycles. The van der Waals surface area contributed by atoms with Crippen molar-refractivity contribution in [1.82, 2.24) is 10.2 Å². The minimum Gasteiger partial charge on any atom is -0.497 e. The van der Waals surface area contributed by atoms with E-state index in [1.807, 2.05) is 6.92 Å². The predicted octanol–water partition coefficient (Wildman–Crippen LogP) is 5.99. The van der Waals surface area contributed by atoms with Crippen LogP contribution >= 0.6 is 23.2 Å². The van der Waals surface area contributed by atoms with Crippen LogP contribution < -0.4 is 19.1 Å². The summed E-state index contributed by atoms with van der Waals surface area (Å²) < 4.78 is 40.3. The van der Waals surface area contributed by atoms with Gasteiger partial charge >= 0.3 is 0 Å². The second-order valence-electron chi connectivity index (χ2n) is 10.8. The molecule has 0 heterocycles. The second-order valence-corrected chi connectivity index (χ2v) is 13.4. The third-order valence-electron chi connectivity index (χ3n) is 7.80. The van der Waals surface area contributed by atoms with Crippen LogP contribution in [0, 0.1) is 6.92 Å². The van der Waals surface area contributed by atoms with E-state index in [1.54, 1.807) is 49.4 Å². The second kappa shape index (κ2) is 14.5. The maximum absolute atomic E-state index is 14.3. The topological polar surface area (TPSA) is 105 Å². The van der Waals surface area contributed by atoms with Gasteiger partial charge in [-0.05, 0) is 63.1 Å². The van der Waals surface area contributed by atoms with Crippen molar-refractivity contribution in [3.63, 3.8) is 0 Å². The van der Waals surface area contributed by atoms with Gasteiger partial charge in [-0.25, -0.2) is 8.42 Å².